The first kappa shape index (κ1) is 14.3. The van der Waals surface area contributed by atoms with Gasteiger partial charge in [0.1, 0.15) is 11.9 Å². The van der Waals surface area contributed by atoms with Crippen molar-refractivity contribution in [3.8, 4) is 0 Å². The summed E-state index contributed by atoms with van der Waals surface area (Å²) in [7, 11) is 0. The summed E-state index contributed by atoms with van der Waals surface area (Å²) >= 11 is 3.30. The van der Waals surface area contributed by atoms with Crippen molar-refractivity contribution in [1.29, 1.82) is 0 Å². The summed E-state index contributed by atoms with van der Waals surface area (Å²) in [5, 5.41) is 10.6. The van der Waals surface area contributed by atoms with Crippen LogP contribution in [0.3, 0.4) is 0 Å². The van der Waals surface area contributed by atoms with Gasteiger partial charge in [-0.3, -0.25) is 4.79 Å². The first-order chi connectivity index (χ1) is 7.95. The zero-order valence-electron chi connectivity index (χ0n) is 10.1. The lowest BCUT2D eigenvalue weighted by atomic mass is 9.65. The molecule has 0 bridgehead atoms. The monoisotopic (exact) mass is 300 g/mol. The average Bonchev–Trinajstić information content (AvgIpc) is 2.38. The van der Waals surface area contributed by atoms with Crippen LogP contribution < -0.4 is 0 Å². The van der Waals surface area contributed by atoms with Crippen molar-refractivity contribution in [2.75, 3.05) is 0 Å². The van der Waals surface area contributed by atoms with E-state index in [2.05, 4.69) is 15.9 Å². The highest BCUT2D eigenvalue weighted by atomic mass is 79.9. The maximum absolute atomic E-state index is 11.9. The molecule has 1 rings (SSSR count). The molecule has 3 nitrogen and oxygen atoms in total. The summed E-state index contributed by atoms with van der Waals surface area (Å²) in [5.74, 6) is -0.289. The predicted octanol–water partition coefficient (Wildman–Crippen LogP) is 2.53. The zero-order chi connectivity index (χ0) is 13.1. The number of Topliss-reactive ketones (excluding diaryl/α,β-unsaturated/α-hetero) is 1. The minimum atomic E-state index is -1.61. The van der Waals surface area contributed by atoms with E-state index < -0.39 is 11.0 Å². The van der Waals surface area contributed by atoms with Gasteiger partial charge < -0.3 is 9.90 Å². The van der Waals surface area contributed by atoms with Gasteiger partial charge >= 0.3 is 0 Å². The second-order valence-electron chi connectivity index (χ2n) is 4.28. The van der Waals surface area contributed by atoms with E-state index in [4.69, 9.17) is 0 Å². The van der Waals surface area contributed by atoms with Gasteiger partial charge in [-0.2, -0.15) is 0 Å². The summed E-state index contributed by atoms with van der Waals surface area (Å²) in [4.78, 5) is 23.3. The Morgan fingerprint density at radius 1 is 1.65 bits per heavy atom. The van der Waals surface area contributed by atoms with E-state index in [9.17, 15) is 14.7 Å². The lowest BCUT2D eigenvalue weighted by Crippen LogP contribution is -2.54. The molecular formula is C13H17BrO3. The number of carbonyl (C=O) groups is 2. The SMILES string of the molecule is CCC(=O)[C@](O)(CC)[C@]1(C=O)C=CC(Br)=CC1. The molecule has 0 aromatic heterocycles. The van der Waals surface area contributed by atoms with E-state index in [1.807, 2.05) is 0 Å². The number of allylic oxidation sites excluding steroid dienone is 3. The van der Waals surface area contributed by atoms with Gasteiger partial charge in [0.2, 0.25) is 0 Å². The lowest BCUT2D eigenvalue weighted by Gasteiger charge is -2.40. The van der Waals surface area contributed by atoms with Crippen molar-refractivity contribution in [2.24, 2.45) is 5.41 Å². The number of hydrogen-bond donors (Lipinski definition) is 1. The zero-order valence-corrected chi connectivity index (χ0v) is 11.7. The van der Waals surface area contributed by atoms with Gasteiger partial charge in [-0.1, -0.05) is 48.0 Å². The molecule has 1 N–H and O–H groups in total. The number of halogens is 1. The molecule has 0 saturated carbocycles. The summed E-state index contributed by atoms with van der Waals surface area (Å²) in [6.07, 6.45) is 6.62. The molecule has 0 amide bonds. The molecule has 0 saturated heterocycles. The van der Waals surface area contributed by atoms with Crippen molar-refractivity contribution >= 4 is 28.0 Å². The second-order valence-corrected chi connectivity index (χ2v) is 5.19. The number of ketones is 1. The van der Waals surface area contributed by atoms with Gasteiger partial charge in [0.15, 0.2) is 5.78 Å². The highest BCUT2D eigenvalue weighted by Crippen LogP contribution is 2.42. The molecule has 0 aromatic rings. The molecule has 0 aromatic carbocycles. The number of hydrogen-bond acceptors (Lipinski definition) is 3. The Labute approximate surface area is 110 Å². The number of carbonyl (C=O) groups excluding carboxylic acids is 2. The Morgan fingerprint density at radius 3 is 2.65 bits per heavy atom. The third-order valence-electron chi connectivity index (χ3n) is 3.45. The maximum atomic E-state index is 11.9. The average molecular weight is 301 g/mol. The fourth-order valence-corrected chi connectivity index (χ4v) is 2.49. The normalized spacial score (nSPS) is 27.2. The molecule has 0 heterocycles. The first-order valence-electron chi connectivity index (χ1n) is 5.72. The molecule has 0 spiro atoms. The van der Waals surface area contributed by atoms with Crippen LogP contribution in [0, 0.1) is 5.41 Å². The highest BCUT2D eigenvalue weighted by Gasteiger charge is 2.51. The fourth-order valence-electron chi connectivity index (χ4n) is 2.20. The van der Waals surface area contributed by atoms with Crippen LogP contribution in [0.2, 0.25) is 0 Å². The van der Waals surface area contributed by atoms with Crippen LogP contribution in [0.5, 0.6) is 0 Å². The minimum absolute atomic E-state index is 0.221. The molecule has 0 aliphatic heterocycles. The Morgan fingerprint density at radius 2 is 2.29 bits per heavy atom. The topological polar surface area (TPSA) is 54.4 Å². The Balaban J connectivity index is 3.21. The van der Waals surface area contributed by atoms with Gasteiger partial charge in [0, 0.05) is 10.9 Å². The molecule has 0 unspecified atom stereocenters. The molecule has 17 heavy (non-hydrogen) atoms. The highest BCUT2D eigenvalue weighted by molar-refractivity contribution is 9.11. The van der Waals surface area contributed by atoms with Crippen molar-refractivity contribution in [2.45, 2.75) is 38.7 Å². The van der Waals surface area contributed by atoms with Crippen LogP contribution in [0.15, 0.2) is 22.7 Å². The third kappa shape index (κ3) is 2.29. The summed E-state index contributed by atoms with van der Waals surface area (Å²) in [6, 6.07) is 0. The lowest BCUT2D eigenvalue weighted by molar-refractivity contribution is -0.154. The van der Waals surface area contributed by atoms with Crippen LogP contribution in [0.25, 0.3) is 0 Å². The van der Waals surface area contributed by atoms with Crippen LogP contribution >= 0.6 is 15.9 Å². The molecule has 0 fully saturated rings. The summed E-state index contributed by atoms with van der Waals surface area (Å²) in [6.45, 7) is 3.42. The number of aliphatic hydroxyl groups is 1. The van der Waals surface area contributed by atoms with E-state index in [1.54, 1.807) is 32.1 Å². The van der Waals surface area contributed by atoms with Crippen LogP contribution in [0.1, 0.15) is 33.1 Å². The Bertz CT molecular complexity index is 386. The quantitative estimate of drug-likeness (QED) is 0.794. The fraction of sp³-hybridized carbons (Fsp3) is 0.538. The Kier molecular flexibility index (Phi) is 4.44. The van der Waals surface area contributed by atoms with E-state index in [1.165, 1.54) is 0 Å². The Hall–Kier alpha value is -0.740. The second kappa shape index (κ2) is 5.27. The number of rotatable bonds is 5. The maximum Gasteiger partial charge on any atom is 0.165 e. The molecule has 0 radical (unpaired) electrons. The van der Waals surface area contributed by atoms with Gasteiger partial charge in [0.05, 0.1) is 5.41 Å². The summed E-state index contributed by atoms with van der Waals surface area (Å²) < 4.78 is 0.859. The van der Waals surface area contributed by atoms with Gasteiger partial charge in [-0.25, -0.2) is 0 Å². The van der Waals surface area contributed by atoms with Gasteiger partial charge in [-0.05, 0) is 12.8 Å². The largest absolute Gasteiger partial charge is 0.381 e. The van der Waals surface area contributed by atoms with E-state index in [-0.39, 0.29) is 18.6 Å². The standard InChI is InChI=1S/C13H17BrO3/c1-3-11(16)13(17,4-2)12(9-15)7-5-10(14)6-8-12/h5-7,9,17H,3-4,8H2,1-2H3/t12-,13-/m1/s1. The van der Waals surface area contributed by atoms with Crippen molar-refractivity contribution < 1.29 is 14.7 Å². The van der Waals surface area contributed by atoms with Gasteiger partial charge in [-0.15, -0.1) is 0 Å². The first-order valence-corrected chi connectivity index (χ1v) is 6.52. The minimum Gasteiger partial charge on any atom is -0.381 e. The predicted molar refractivity (Wildman–Crippen MR) is 69.8 cm³/mol. The van der Waals surface area contributed by atoms with Crippen molar-refractivity contribution in [1.82, 2.24) is 0 Å². The van der Waals surface area contributed by atoms with Gasteiger partial charge in [0.25, 0.3) is 0 Å². The van der Waals surface area contributed by atoms with Crippen LogP contribution in [0.4, 0.5) is 0 Å². The molecule has 1 aliphatic carbocycles. The van der Waals surface area contributed by atoms with E-state index >= 15 is 0 Å². The molecule has 4 heteroatoms. The van der Waals surface area contributed by atoms with Crippen LogP contribution in [-0.4, -0.2) is 22.8 Å². The number of aldehydes is 1. The molecular weight excluding hydrogens is 284 g/mol. The van der Waals surface area contributed by atoms with E-state index in [0.717, 1.165) is 4.48 Å². The molecule has 1 aliphatic rings. The van der Waals surface area contributed by atoms with Crippen molar-refractivity contribution in [3.63, 3.8) is 0 Å². The van der Waals surface area contributed by atoms with Crippen LogP contribution in [-0.2, 0) is 9.59 Å². The van der Waals surface area contributed by atoms with E-state index in [0.29, 0.717) is 12.7 Å². The van der Waals surface area contributed by atoms with Crippen molar-refractivity contribution in [3.05, 3.63) is 22.7 Å². The molecule has 94 valence electrons. The molecule has 2 atom stereocenters. The summed E-state index contributed by atoms with van der Waals surface area (Å²) in [5.41, 5.74) is -2.74. The third-order valence-corrected chi connectivity index (χ3v) is 4.04. The smallest absolute Gasteiger partial charge is 0.165 e.